The van der Waals surface area contributed by atoms with E-state index in [1.54, 1.807) is 6.08 Å². The van der Waals surface area contributed by atoms with Gasteiger partial charge in [0.2, 0.25) is 5.91 Å². The molecule has 1 aromatic rings. The summed E-state index contributed by atoms with van der Waals surface area (Å²) in [5.74, 6) is 0.670. The molecule has 0 heterocycles. The third kappa shape index (κ3) is 4.33. The number of nitrogens with one attached hydrogen (secondary N) is 1. The summed E-state index contributed by atoms with van der Waals surface area (Å²) >= 11 is 0. The van der Waals surface area contributed by atoms with Crippen molar-refractivity contribution in [2.24, 2.45) is 0 Å². The Kier molecular flexibility index (Phi) is 5.39. The Labute approximate surface area is 125 Å². The van der Waals surface area contributed by atoms with Crippen molar-refractivity contribution in [1.82, 2.24) is 5.32 Å². The largest absolute Gasteiger partial charge is 0.494 e. The molecule has 21 heavy (non-hydrogen) atoms. The van der Waals surface area contributed by atoms with Crippen molar-refractivity contribution in [1.29, 1.82) is 0 Å². The number of hydrogen-bond donors (Lipinski definition) is 2. The number of aliphatic hydroxyl groups is 1. The molecule has 0 spiro atoms. The van der Waals surface area contributed by atoms with Gasteiger partial charge in [-0.1, -0.05) is 25.0 Å². The minimum Gasteiger partial charge on any atom is -0.494 e. The fourth-order valence-electron chi connectivity index (χ4n) is 2.69. The maximum absolute atomic E-state index is 12.0. The van der Waals surface area contributed by atoms with Gasteiger partial charge in [-0.3, -0.25) is 4.79 Å². The number of rotatable bonds is 6. The lowest BCUT2D eigenvalue weighted by atomic mass is 9.99. The van der Waals surface area contributed by atoms with Crippen LogP contribution in [0, 0.1) is 0 Å². The summed E-state index contributed by atoms with van der Waals surface area (Å²) in [4.78, 5) is 12.0. The molecule has 114 valence electrons. The topological polar surface area (TPSA) is 58.6 Å². The van der Waals surface area contributed by atoms with Crippen LogP contribution in [0.15, 0.2) is 30.3 Å². The second-order valence-electron chi connectivity index (χ2n) is 5.47. The van der Waals surface area contributed by atoms with E-state index in [2.05, 4.69) is 5.32 Å². The summed E-state index contributed by atoms with van der Waals surface area (Å²) in [5.41, 5.74) is 0.526. The second kappa shape index (κ2) is 7.27. The number of ether oxygens (including phenoxy) is 1. The summed E-state index contributed by atoms with van der Waals surface area (Å²) in [6.45, 7) is 2.59. The highest BCUT2D eigenvalue weighted by atomic mass is 16.5. The molecule has 2 N–H and O–H groups in total. The highest BCUT2D eigenvalue weighted by Crippen LogP contribution is 2.29. The van der Waals surface area contributed by atoms with Crippen molar-refractivity contribution < 1.29 is 14.6 Å². The molecule has 4 nitrogen and oxygen atoms in total. The molecular weight excluding hydrogens is 266 g/mol. The Balaban J connectivity index is 1.92. The van der Waals surface area contributed by atoms with Crippen LogP contribution in [0.2, 0.25) is 0 Å². The monoisotopic (exact) mass is 289 g/mol. The molecule has 4 heteroatoms. The molecule has 0 aliphatic heterocycles. The summed E-state index contributed by atoms with van der Waals surface area (Å²) in [6.07, 6.45) is 7.11. The van der Waals surface area contributed by atoms with Crippen LogP contribution in [-0.4, -0.2) is 29.8 Å². The van der Waals surface area contributed by atoms with E-state index >= 15 is 0 Å². The van der Waals surface area contributed by atoms with Gasteiger partial charge in [-0.2, -0.15) is 0 Å². The summed E-state index contributed by atoms with van der Waals surface area (Å²) in [7, 11) is 0. The average Bonchev–Trinajstić information content (AvgIpc) is 2.96. The lowest BCUT2D eigenvalue weighted by molar-refractivity contribution is -0.118. The lowest BCUT2D eigenvalue weighted by Gasteiger charge is -2.27. The van der Waals surface area contributed by atoms with Crippen LogP contribution < -0.4 is 10.1 Å². The van der Waals surface area contributed by atoms with E-state index in [0.29, 0.717) is 6.61 Å². The number of carbonyl (C=O) groups is 1. The van der Waals surface area contributed by atoms with E-state index in [1.165, 1.54) is 6.08 Å². The molecule has 1 aromatic carbocycles. The Morgan fingerprint density at radius 1 is 1.33 bits per heavy atom. The van der Waals surface area contributed by atoms with Gasteiger partial charge in [-0.05, 0) is 43.5 Å². The van der Waals surface area contributed by atoms with Gasteiger partial charge in [0.05, 0.1) is 18.8 Å². The molecule has 0 bridgehead atoms. The van der Waals surface area contributed by atoms with E-state index in [4.69, 9.17) is 4.74 Å². The maximum atomic E-state index is 12.0. The summed E-state index contributed by atoms with van der Waals surface area (Å²) in [5, 5.41) is 12.4. The fraction of sp³-hybridized carbons (Fsp3) is 0.471. The molecular formula is C17H23NO3. The quantitative estimate of drug-likeness (QED) is 0.791. The molecule has 1 aliphatic rings. The van der Waals surface area contributed by atoms with Crippen LogP contribution in [0.25, 0.3) is 6.08 Å². The van der Waals surface area contributed by atoms with Crippen molar-refractivity contribution in [3.05, 3.63) is 35.9 Å². The summed E-state index contributed by atoms with van der Waals surface area (Å²) < 4.78 is 5.37. The summed E-state index contributed by atoms with van der Waals surface area (Å²) in [6, 6.07) is 7.58. The van der Waals surface area contributed by atoms with E-state index in [0.717, 1.165) is 37.0 Å². The Morgan fingerprint density at radius 2 is 2.00 bits per heavy atom. The Bertz CT molecular complexity index is 487. The number of amides is 1. The minimum absolute atomic E-state index is 0.00956. The molecule has 1 saturated carbocycles. The number of benzene rings is 1. The van der Waals surface area contributed by atoms with Gasteiger partial charge >= 0.3 is 0 Å². The van der Waals surface area contributed by atoms with Crippen molar-refractivity contribution in [2.75, 3.05) is 13.2 Å². The Hall–Kier alpha value is -1.81. The normalized spacial score (nSPS) is 17.0. The van der Waals surface area contributed by atoms with Crippen LogP contribution in [0.4, 0.5) is 0 Å². The predicted molar refractivity (Wildman–Crippen MR) is 83.1 cm³/mol. The third-order valence-corrected chi connectivity index (χ3v) is 3.87. The van der Waals surface area contributed by atoms with E-state index in [1.807, 2.05) is 31.2 Å². The molecule has 0 radical (unpaired) electrons. The third-order valence-electron chi connectivity index (χ3n) is 3.87. The van der Waals surface area contributed by atoms with Gasteiger partial charge in [0.15, 0.2) is 0 Å². The highest BCUT2D eigenvalue weighted by Gasteiger charge is 2.33. The number of hydrogen-bond acceptors (Lipinski definition) is 3. The minimum atomic E-state index is -0.416. The lowest BCUT2D eigenvalue weighted by Crippen LogP contribution is -2.48. The maximum Gasteiger partial charge on any atom is 0.244 e. The van der Waals surface area contributed by atoms with Gasteiger partial charge in [-0.25, -0.2) is 0 Å². The SMILES string of the molecule is CCOc1ccc(C=CC(=O)NC2(CO)CCCC2)cc1. The molecule has 1 amide bonds. The van der Waals surface area contributed by atoms with Gasteiger partial charge in [0.25, 0.3) is 0 Å². The Morgan fingerprint density at radius 3 is 2.57 bits per heavy atom. The zero-order valence-corrected chi connectivity index (χ0v) is 12.5. The standard InChI is InChI=1S/C17H23NO3/c1-2-21-15-8-5-14(6-9-15)7-10-16(20)18-17(13-19)11-3-4-12-17/h5-10,19H,2-4,11-13H2,1H3,(H,18,20). The highest BCUT2D eigenvalue weighted by molar-refractivity contribution is 5.92. The molecule has 2 rings (SSSR count). The van der Waals surface area contributed by atoms with Gasteiger partial charge in [0.1, 0.15) is 5.75 Å². The van der Waals surface area contributed by atoms with Crippen LogP contribution in [0.5, 0.6) is 5.75 Å². The van der Waals surface area contributed by atoms with E-state index in [-0.39, 0.29) is 12.5 Å². The first kappa shape index (κ1) is 15.6. The first-order valence-electron chi connectivity index (χ1n) is 7.51. The van der Waals surface area contributed by atoms with Gasteiger partial charge in [0, 0.05) is 6.08 Å². The van der Waals surface area contributed by atoms with Crippen molar-refractivity contribution >= 4 is 12.0 Å². The van der Waals surface area contributed by atoms with Gasteiger partial charge < -0.3 is 15.2 Å². The van der Waals surface area contributed by atoms with Crippen LogP contribution in [0.3, 0.4) is 0 Å². The van der Waals surface area contributed by atoms with Crippen molar-refractivity contribution in [3.63, 3.8) is 0 Å². The van der Waals surface area contributed by atoms with Crippen molar-refractivity contribution in [3.8, 4) is 5.75 Å². The van der Waals surface area contributed by atoms with Gasteiger partial charge in [-0.15, -0.1) is 0 Å². The van der Waals surface area contributed by atoms with E-state index in [9.17, 15) is 9.90 Å². The fourth-order valence-corrected chi connectivity index (χ4v) is 2.69. The molecule has 1 fully saturated rings. The first-order chi connectivity index (χ1) is 10.2. The van der Waals surface area contributed by atoms with Crippen LogP contribution in [-0.2, 0) is 4.79 Å². The van der Waals surface area contributed by atoms with Crippen molar-refractivity contribution in [2.45, 2.75) is 38.1 Å². The molecule has 0 aromatic heterocycles. The van der Waals surface area contributed by atoms with Crippen LogP contribution >= 0.6 is 0 Å². The second-order valence-corrected chi connectivity index (χ2v) is 5.47. The molecule has 0 unspecified atom stereocenters. The van der Waals surface area contributed by atoms with E-state index < -0.39 is 5.54 Å². The van der Waals surface area contributed by atoms with Crippen LogP contribution in [0.1, 0.15) is 38.2 Å². The molecule has 1 aliphatic carbocycles. The number of carbonyl (C=O) groups excluding carboxylic acids is 1. The molecule has 0 saturated heterocycles. The smallest absolute Gasteiger partial charge is 0.244 e. The first-order valence-corrected chi connectivity index (χ1v) is 7.51. The number of aliphatic hydroxyl groups excluding tert-OH is 1. The molecule has 0 atom stereocenters. The predicted octanol–water partition coefficient (Wildman–Crippen LogP) is 2.52. The average molecular weight is 289 g/mol. The zero-order chi connectivity index (χ0) is 15.1. The zero-order valence-electron chi connectivity index (χ0n) is 12.5.